The first-order chi connectivity index (χ1) is 11.6. The maximum atomic E-state index is 12.5. The predicted molar refractivity (Wildman–Crippen MR) is 103 cm³/mol. The van der Waals surface area contributed by atoms with Gasteiger partial charge in [0.25, 0.3) is 5.91 Å². The molecule has 0 heterocycles. The molecule has 0 aliphatic carbocycles. The van der Waals surface area contributed by atoms with Crippen molar-refractivity contribution in [3.05, 3.63) is 53.1 Å². The number of benzene rings is 2. The Bertz CT molecular complexity index is 889. The fourth-order valence-electron chi connectivity index (χ4n) is 2.27. The van der Waals surface area contributed by atoms with Crippen LogP contribution < -0.4 is 10.5 Å². The van der Waals surface area contributed by atoms with Crippen molar-refractivity contribution >= 4 is 33.4 Å². The molecule has 0 atom stereocenters. The number of nitrogens with two attached hydrogens (primary N) is 1. The van der Waals surface area contributed by atoms with E-state index in [1.807, 2.05) is 19.1 Å². The molecule has 5 nitrogen and oxygen atoms in total. The summed E-state index contributed by atoms with van der Waals surface area (Å²) in [6.07, 6.45) is 0. The number of carbonyl (C=O) groups excluding carboxylic acids is 1. The number of sulfonamides is 1. The van der Waals surface area contributed by atoms with Crippen LogP contribution in [0.5, 0.6) is 0 Å². The first-order valence-corrected chi connectivity index (χ1v) is 10.2. The monoisotopic (exact) mass is 378 g/mol. The van der Waals surface area contributed by atoms with E-state index in [1.165, 1.54) is 12.1 Å². The minimum absolute atomic E-state index is 0.0189. The highest BCUT2D eigenvalue weighted by molar-refractivity contribution is 7.99. The number of thioether (sulfide) groups is 1. The highest BCUT2D eigenvalue weighted by Gasteiger charge is 2.15. The van der Waals surface area contributed by atoms with Crippen LogP contribution in [0.3, 0.4) is 0 Å². The van der Waals surface area contributed by atoms with Crippen molar-refractivity contribution in [2.75, 3.05) is 5.32 Å². The molecular formula is C18H22N2O3S2. The number of hydrogen-bond donors (Lipinski definition) is 2. The van der Waals surface area contributed by atoms with Crippen LogP contribution in [0.2, 0.25) is 0 Å². The summed E-state index contributed by atoms with van der Waals surface area (Å²) in [6.45, 7) is 7.81. The largest absolute Gasteiger partial charge is 0.322 e. The Hall–Kier alpha value is -1.83. The molecule has 1 amide bonds. The van der Waals surface area contributed by atoms with Crippen molar-refractivity contribution in [1.29, 1.82) is 0 Å². The quantitative estimate of drug-likeness (QED) is 0.776. The van der Waals surface area contributed by atoms with Crippen molar-refractivity contribution in [2.24, 2.45) is 5.14 Å². The molecule has 2 rings (SSSR count). The second kappa shape index (κ2) is 7.59. The second-order valence-electron chi connectivity index (χ2n) is 6.10. The van der Waals surface area contributed by atoms with Crippen LogP contribution in [0.25, 0.3) is 0 Å². The number of carbonyl (C=O) groups is 1. The summed E-state index contributed by atoms with van der Waals surface area (Å²) in [5.41, 5.74) is 2.49. The molecule has 0 spiro atoms. The Labute approximate surface area is 153 Å². The first-order valence-electron chi connectivity index (χ1n) is 7.80. The highest BCUT2D eigenvalue weighted by atomic mass is 32.2. The zero-order chi connectivity index (χ0) is 18.8. The number of aryl methyl sites for hydroxylation is 1. The van der Waals surface area contributed by atoms with Gasteiger partial charge in [-0.15, -0.1) is 11.8 Å². The number of rotatable bonds is 5. The summed E-state index contributed by atoms with van der Waals surface area (Å²) < 4.78 is 23.2. The predicted octanol–water partition coefficient (Wildman–Crippen LogP) is 3.70. The van der Waals surface area contributed by atoms with E-state index in [0.717, 1.165) is 16.0 Å². The number of amides is 1. The third kappa shape index (κ3) is 5.07. The van der Waals surface area contributed by atoms with Crippen LogP contribution in [-0.2, 0) is 10.0 Å². The summed E-state index contributed by atoms with van der Waals surface area (Å²) in [5, 5.41) is 8.44. The summed E-state index contributed by atoms with van der Waals surface area (Å²) in [5.74, 6) is -0.296. The van der Waals surface area contributed by atoms with E-state index in [-0.39, 0.29) is 10.8 Å². The van der Waals surface area contributed by atoms with Gasteiger partial charge in [0.1, 0.15) is 0 Å². The van der Waals surface area contributed by atoms with Crippen LogP contribution in [0.4, 0.5) is 5.69 Å². The fraction of sp³-hybridized carbons (Fsp3) is 0.278. The van der Waals surface area contributed by atoms with Crippen LogP contribution >= 0.6 is 11.8 Å². The topological polar surface area (TPSA) is 89.3 Å². The standard InChI is InChI=1S/C18H22N2O3S2/c1-11(2)24-15-7-5-14(6-8-15)18(21)20-17-10-16(25(19,22)23)9-12(3)13(17)4/h5-11H,1-4H3,(H,20,21)(H2,19,22,23). The van der Waals surface area contributed by atoms with Gasteiger partial charge in [-0.05, 0) is 61.4 Å². The molecule has 2 aromatic carbocycles. The third-order valence-electron chi connectivity index (χ3n) is 3.71. The molecule has 0 fully saturated rings. The summed E-state index contributed by atoms with van der Waals surface area (Å²) >= 11 is 1.72. The smallest absolute Gasteiger partial charge is 0.255 e. The lowest BCUT2D eigenvalue weighted by atomic mass is 10.1. The zero-order valence-corrected chi connectivity index (χ0v) is 16.3. The van der Waals surface area contributed by atoms with Crippen LogP contribution in [0.15, 0.2) is 46.2 Å². The van der Waals surface area contributed by atoms with Gasteiger partial charge in [0.15, 0.2) is 0 Å². The first kappa shape index (κ1) is 19.5. The van der Waals surface area contributed by atoms with Crippen molar-refractivity contribution in [2.45, 2.75) is 42.7 Å². The molecule has 0 bridgehead atoms. The van der Waals surface area contributed by atoms with Gasteiger partial charge in [0.2, 0.25) is 10.0 Å². The van der Waals surface area contributed by atoms with Crippen molar-refractivity contribution in [3.63, 3.8) is 0 Å². The molecule has 0 unspecified atom stereocenters. The molecule has 25 heavy (non-hydrogen) atoms. The zero-order valence-electron chi connectivity index (χ0n) is 14.7. The van der Waals surface area contributed by atoms with Gasteiger partial charge in [-0.1, -0.05) is 13.8 Å². The minimum Gasteiger partial charge on any atom is -0.322 e. The molecule has 0 aliphatic heterocycles. The van der Waals surface area contributed by atoms with E-state index in [2.05, 4.69) is 19.2 Å². The molecule has 0 saturated heterocycles. The van der Waals surface area contributed by atoms with Crippen molar-refractivity contribution in [1.82, 2.24) is 0 Å². The van der Waals surface area contributed by atoms with Crippen molar-refractivity contribution < 1.29 is 13.2 Å². The van der Waals surface area contributed by atoms with Gasteiger partial charge in [-0.2, -0.15) is 0 Å². The van der Waals surface area contributed by atoms with Gasteiger partial charge in [0, 0.05) is 21.4 Å². The molecule has 0 aliphatic rings. The molecule has 0 saturated carbocycles. The average molecular weight is 379 g/mol. The van der Waals surface area contributed by atoms with Gasteiger partial charge in [-0.25, -0.2) is 13.6 Å². The normalized spacial score (nSPS) is 11.6. The maximum Gasteiger partial charge on any atom is 0.255 e. The molecule has 3 N–H and O–H groups in total. The van der Waals surface area contributed by atoms with Crippen LogP contribution in [0, 0.1) is 13.8 Å². The third-order valence-corrected chi connectivity index (χ3v) is 5.61. The Morgan fingerprint density at radius 1 is 1.12 bits per heavy atom. The van der Waals surface area contributed by atoms with Crippen LogP contribution in [0.1, 0.15) is 35.3 Å². The fourth-order valence-corrected chi connectivity index (χ4v) is 3.73. The average Bonchev–Trinajstić information content (AvgIpc) is 2.50. The van der Waals surface area contributed by atoms with E-state index in [1.54, 1.807) is 30.8 Å². The lowest BCUT2D eigenvalue weighted by molar-refractivity contribution is 0.102. The van der Waals surface area contributed by atoms with E-state index < -0.39 is 10.0 Å². The van der Waals surface area contributed by atoms with E-state index in [4.69, 9.17) is 5.14 Å². The lowest BCUT2D eigenvalue weighted by Crippen LogP contribution is -2.16. The summed E-state index contributed by atoms with van der Waals surface area (Å²) in [4.78, 5) is 13.5. The minimum atomic E-state index is -3.84. The Morgan fingerprint density at radius 2 is 1.72 bits per heavy atom. The van der Waals surface area contributed by atoms with Crippen LogP contribution in [-0.4, -0.2) is 19.6 Å². The van der Waals surface area contributed by atoms with E-state index in [9.17, 15) is 13.2 Å². The Balaban J connectivity index is 2.27. The van der Waals surface area contributed by atoms with E-state index >= 15 is 0 Å². The van der Waals surface area contributed by atoms with E-state index in [0.29, 0.717) is 16.5 Å². The molecular weight excluding hydrogens is 356 g/mol. The van der Waals surface area contributed by atoms with Gasteiger partial charge in [-0.3, -0.25) is 4.79 Å². The number of nitrogens with one attached hydrogen (secondary N) is 1. The summed E-state index contributed by atoms with van der Waals surface area (Å²) in [6, 6.07) is 10.2. The van der Waals surface area contributed by atoms with Gasteiger partial charge >= 0.3 is 0 Å². The summed E-state index contributed by atoms with van der Waals surface area (Å²) in [7, 11) is -3.84. The molecule has 2 aromatic rings. The van der Waals surface area contributed by atoms with Gasteiger partial charge in [0.05, 0.1) is 4.90 Å². The van der Waals surface area contributed by atoms with Crippen molar-refractivity contribution in [3.8, 4) is 0 Å². The number of hydrogen-bond acceptors (Lipinski definition) is 4. The Morgan fingerprint density at radius 3 is 2.24 bits per heavy atom. The second-order valence-corrected chi connectivity index (χ2v) is 9.31. The maximum absolute atomic E-state index is 12.5. The highest BCUT2D eigenvalue weighted by Crippen LogP contribution is 2.25. The molecule has 0 radical (unpaired) electrons. The number of anilines is 1. The molecule has 7 heteroatoms. The SMILES string of the molecule is Cc1cc(S(N)(=O)=O)cc(NC(=O)c2ccc(SC(C)C)cc2)c1C. The number of primary sulfonamides is 1. The molecule has 0 aromatic heterocycles. The molecule has 134 valence electrons. The lowest BCUT2D eigenvalue weighted by Gasteiger charge is -2.13. The Kier molecular flexibility index (Phi) is 5.92. The van der Waals surface area contributed by atoms with Gasteiger partial charge < -0.3 is 5.32 Å².